The van der Waals surface area contributed by atoms with Gasteiger partial charge in [0.15, 0.2) is 0 Å². The van der Waals surface area contributed by atoms with Crippen LogP contribution in [0.15, 0.2) is 30.3 Å². The van der Waals surface area contributed by atoms with Crippen LogP contribution in [0.1, 0.15) is 63.0 Å². The summed E-state index contributed by atoms with van der Waals surface area (Å²) >= 11 is 0. The SMILES string of the molecule is CC(C)(C)c1cc(C(=O)O)c(-c2ccc(O)cc2)c(C(C)(C)C)c1O. The van der Waals surface area contributed by atoms with Crippen molar-refractivity contribution in [3.8, 4) is 22.6 Å². The Hall–Kier alpha value is -2.49. The van der Waals surface area contributed by atoms with E-state index in [1.807, 2.05) is 41.5 Å². The van der Waals surface area contributed by atoms with E-state index in [2.05, 4.69) is 0 Å². The molecule has 0 fully saturated rings. The highest BCUT2D eigenvalue weighted by molar-refractivity contribution is 5.98. The van der Waals surface area contributed by atoms with Crippen LogP contribution in [0.5, 0.6) is 11.5 Å². The molecule has 0 spiro atoms. The molecule has 3 N–H and O–H groups in total. The average Bonchev–Trinajstić information content (AvgIpc) is 2.44. The summed E-state index contributed by atoms with van der Waals surface area (Å²) in [5.41, 5.74) is 1.63. The molecule has 4 nitrogen and oxygen atoms in total. The maximum atomic E-state index is 12.0. The molecule has 4 heteroatoms. The lowest BCUT2D eigenvalue weighted by atomic mass is 9.74. The Balaban J connectivity index is 3.01. The number of rotatable bonds is 2. The number of phenols is 2. The van der Waals surface area contributed by atoms with Gasteiger partial charge in [-0.25, -0.2) is 4.79 Å². The minimum atomic E-state index is -1.04. The lowest BCUT2D eigenvalue weighted by Gasteiger charge is -2.31. The van der Waals surface area contributed by atoms with Crippen LogP contribution in [0, 0.1) is 0 Å². The highest BCUT2D eigenvalue weighted by Crippen LogP contribution is 2.46. The predicted molar refractivity (Wildman–Crippen MR) is 99.6 cm³/mol. The van der Waals surface area contributed by atoms with Crippen LogP contribution in [0.25, 0.3) is 11.1 Å². The topological polar surface area (TPSA) is 77.8 Å². The van der Waals surface area contributed by atoms with Crippen molar-refractivity contribution in [1.29, 1.82) is 0 Å². The highest BCUT2D eigenvalue weighted by atomic mass is 16.4. The van der Waals surface area contributed by atoms with Crippen LogP contribution in [0.4, 0.5) is 0 Å². The molecular weight excluding hydrogens is 316 g/mol. The third-order valence-electron chi connectivity index (χ3n) is 4.24. The van der Waals surface area contributed by atoms with Crippen molar-refractivity contribution in [2.45, 2.75) is 52.4 Å². The molecule has 0 amide bonds. The van der Waals surface area contributed by atoms with Gasteiger partial charge >= 0.3 is 5.97 Å². The molecule has 0 aliphatic rings. The second-order valence-electron chi connectivity index (χ2n) is 8.42. The number of phenolic OH excluding ortho intramolecular Hbond substituents is 2. The molecule has 2 aromatic rings. The minimum absolute atomic E-state index is 0.105. The first-order chi connectivity index (χ1) is 11.3. The molecule has 25 heavy (non-hydrogen) atoms. The summed E-state index contributed by atoms with van der Waals surface area (Å²) in [7, 11) is 0. The predicted octanol–water partition coefficient (Wildman–Crippen LogP) is 5.06. The largest absolute Gasteiger partial charge is 0.508 e. The molecule has 134 valence electrons. The summed E-state index contributed by atoms with van der Waals surface area (Å²) in [5.74, 6) is -0.805. The Labute approximate surface area is 148 Å². The molecule has 2 aromatic carbocycles. The average molecular weight is 342 g/mol. The first-order valence-corrected chi connectivity index (χ1v) is 8.27. The number of aromatic carboxylic acids is 1. The summed E-state index contributed by atoms with van der Waals surface area (Å²) in [6.45, 7) is 11.7. The maximum absolute atomic E-state index is 12.0. The molecule has 0 bridgehead atoms. The fraction of sp³-hybridized carbons (Fsp3) is 0.381. The number of hydrogen-bond acceptors (Lipinski definition) is 3. The van der Waals surface area contributed by atoms with Crippen LogP contribution in [0.3, 0.4) is 0 Å². The Morgan fingerprint density at radius 2 is 1.40 bits per heavy atom. The number of carboxylic acids is 1. The number of hydrogen-bond donors (Lipinski definition) is 3. The van der Waals surface area contributed by atoms with Gasteiger partial charge in [0, 0.05) is 16.7 Å². The van der Waals surface area contributed by atoms with Crippen molar-refractivity contribution < 1.29 is 20.1 Å². The van der Waals surface area contributed by atoms with Gasteiger partial charge in [-0.05, 0) is 34.6 Å². The second kappa shape index (κ2) is 6.10. The molecule has 0 radical (unpaired) electrons. The normalized spacial score (nSPS) is 12.2. The number of benzene rings is 2. The molecule has 0 unspecified atom stereocenters. The molecule has 0 atom stereocenters. The minimum Gasteiger partial charge on any atom is -0.508 e. The van der Waals surface area contributed by atoms with Gasteiger partial charge in [-0.2, -0.15) is 0 Å². The zero-order chi connectivity index (χ0) is 19.2. The van der Waals surface area contributed by atoms with Gasteiger partial charge in [0.2, 0.25) is 0 Å². The summed E-state index contributed by atoms with van der Waals surface area (Å²) in [4.78, 5) is 12.0. The van der Waals surface area contributed by atoms with Crippen LogP contribution >= 0.6 is 0 Å². The van der Waals surface area contributed by atoms with Gasteiger partial charge in [-0.3, -0.25) is 0 Å². The van der Waals surface area contributed by atoms with Gasteiger partial charge < -0.3 is 15.3 Å². The van der Waals surface area contributed by atoms with Crippen molar-refractivity contribution in [2.24, 2.45) is 0 Å². The van der Waals surface area contributed by atoms with E-state index < -0.39 is 16.8 Å². The van der Waals surface area contributed by atoms with Gasteiger partial charge in [-0.15, -0.1) is 0 Å². The second-order valence-corrected chi connectivity index (χ2v) is 8.42. The van der Waals surface area contributed by atoms with E-state index in [4.69, 9.17) is 0 Å². The van der Waals surface area contributed by atoms with Gasteiger partial charge in [0.1, 0.15) is 11.5 Å². The maximum Gasteiger partial charge on any atom is 0.336 e. The van der Waals surface area contributed by atoms with Crippen molar-refractivity contribution in [3.05, 3.63) is 47.0 Å². The fourth-order valence-electron chi connectivity index (χ4n) is 3.07. The lowest BCUT2D eigenvalue weighted by molar-refractivity contribution is 0.0697. The van der Waals surface area contributed by atoms with Crippen LogP contribution < -0.4 is 0 Å². The number of carboxylic acid groups (broad SMARTS) is 1. The molecule has 2 rings (SSSR count). The van der Waals surface area contributed by atoms with Crippen molar-refractivity contribution in [1.82, 2.24) is 0 Å². The third kappa shape index (κ3) is 3.63. The number of carbonyl (C=O) groups is 1. The molecule has 0 saturated heterocycles. The zero-order valence-corrected chi connectivity index (χ0v) is 15.6. The van der Waals surface area contributed by atoms with Crippen LogP contribution in [-0.4, -0.2) is 21.3 Å². The Morgan fingerprint density at radius 1 is 0.880 bits per heavy atom. The van der Waals surface area contributed by atoms with E-state index in [1.54, 1.807) is 18.2 Å². The summed E-state index contributed by atoms with van der Waals surface area (Å²) < 4.78 is 0. The van der Waals surface area contributed by atoms with E-state index >= 15 is 0 Å². The molecule has 0 saturated carbocycles. The quantitative estimate of drug-likeness (QED) is 0.713. The number of aromatic hydroxyl groups is 2. The van der Waals surface area contributed by atoms with Crippen LogP contribution in [-0.2, 0) is 10.8 Å². The lowest BCUT2D eigenvalue weighted by Crippen LogP contribution is -2.20. The van der Waals surface area contributed by atoms with Crippen LogP contribution in [0.2, 0.25) is 0 Å². The van der Waals surface area contributed by atoms with Gasteiger partial charge in [0.25, 0.3) is 0 Å². The summed E-state index contributed by atoms with van der Waals surface area (Å²) in [6, 6.07) is 7.93. The standard InChI is InChI=1S/C21H26O4/c1-20(2,3)15-11-14(19(24)25)16(12-7-9-13(22)10-8-12)17(18(15)23)21(4,5)6/h7-11,22-23H,1-6H3,(H,24,25). The van der Waals surface area contributed by atoms with E-state index in [0.717, 1.165) is 0 Å². The molecule has 0 aliphatic heterocycles. The van der Waals surface area contributed by atoms with Crippen molar-refractivity contribution >= 4 is 5.97 Å². The van der Waals surface area contributed by atoms with E-state index in [1.165, 1.54) is 12.1 Å². The summed E-state index contributed by atoms with van der Waals surface area (Å²) in [5, 5.41) is 30.4. The first kappa shape index (κ1) is 18.8. The Morgan fingerprint density at radius 3 is 1.80 bits per heavy atom. The smallest absolute Gasteiger partial charge is 0.336 e. The highest BCUT2D eigenvalue weighted by Gasteiger charge is 2.32. The monoisotopic (exact) mass is 342 g/mol. The molecule has 0 aromatic heterocycles. The zero-order valence-electron chi connectivity index (χ0n) is 15.6. The fourth-order valence-corrected chi connectivity index (χ4v) is 3.07. The van der Waals surface area contributed by atoms with Gasteiger partial charge in [-0.1, -0.05) is 53.7 Å². The van der Waals surface area contributed by atoms with E-state index in [0.29, 0.717) is 22.3 Å². The van der Waals surface area contributed by atoms with Crippen molar-refractivity contribution in [3.63, 3.8) is 0 Å². The third-order valence-corrected chi connectivity index (χ3v) is 4.24. The molecular formula is C21H26O4. The van der Waals surface area contributed by atoms with E-state index in [9.17, 15) is 20.1 Å². The molecule has 0 aliphatic carbocycles. The van der Waals surface area contributed by atoms with Gasteiger partial charge in [0.05, 0.1) is 5.56 Å². The summed E-state index contributed by atoms with van der Waals surface area (Å²) in [6.07, 6.45) is 0. The molecule has 0 heterocycles. The Kier molecular flexibility index (Phi) is 4.60. The van der Waals surface area contributed by atoms with Crippen molar-refractivity contribution in [2.75, 3.05) is 0 Å². The first-order valence-electron chi connectivity index (χ1n) is 8.27. The Bertz CT molecular complexity index is 804. The van der Waals surface area contributed by atoms with E-state index in [-0.39, 0.29) is 17.1 Å².